The highest BCUT2D eigenvalue weighted by atomic mass is 32.2. The summed E-state index contributed by atoms with van der Waals surface area (Å²) in [5, 5.41) is 3.05. The first kappa shape index (κ1) is 17.0. The molecule has 1 amide bonds. The lowest BCUT2D eigenvalue weighted by molar-refractivity contribution is -0.120. The maximum atomic E-state index is 12.6. The van der Waals surface area contributed by atoms with Gasteiger partial charge in [0.25, 0.3) is 6.01 Å². The number of hydrogen-bond acceptors (Lipinski definition) is 5. The van der Waals surface area contributed by atoms with Gasteiger partial charge in [-0.2, -0.15) is 4.98 Å². The summed E-state index contributed by atoms with van der Waals surface area (Å²) < 4.78 is 5.84. The van der Waals surface area contributed by atoms with Crippen LogP contribution in [0.15, 0.2) is 57.8 Å². The molecule has 0 aliphatic carbocycles. The average Bonchev–Trinajstić information content (AvgIpc) is 3.12. The van der Waals surface area contributed by atoms with E-state index in [-0.39, 0.29) is 11.8 Å². The molecule has 5 nitrogen and oxygen atoms in total. The van der Waals surface area contributed by atoms with E-state index >= 15 is 0 Å². The summed E-state index contributed by atoms with van der Waals surface area (Å²) in [6.07, 6.45) is 3.63. The lowest BCUT2D eigenvalue weighted by Gasteiger charge is -2.30. The minimum absolute atomic E-state index is 0.0218. The topological polar surface area (TPSA) is 58.4 Å². The summed E-state index contributed by atoms with van der Waals surface area (Å²) in [6, 6.07) is 16.4. The molecule has 4 rings (SSSR count). The summed E-state index contributed by atoms with van der Waals surface area (Å²) in [4.78, 5) is 20.4. The van der Waals surface area contributed by atoms with E-state index in [0.717, 1.165) is 47.6 Å². The SMILES string of the molecule is CSc1cccc(NC(=O)C2CCN(c3nc4ccccc4o3)CC2)c1. The fraction of sp³-hybridized carbons (Fsp3) is 0.300. The van der Waals surface area contributed by atoms with Crippen LogP contribution >= 0.6 is 11.8 Å². The molecule has 1 aliphatic rings. The van der Waals surface area contributed by atoms with Gasteiger partial charge in [0, 0.05) is 29.6 Å². The van der Waals surface area contributed by atoms with E-state index in [1.165, 1.54) is 0 Å². The van der Waals surface area contributed by atoms with Crippen molar-refractivity contribution in [3.05, 3.63) is 48.5 Å². The highest BCUT2D eigenvalue weighted by Gasteiger charge is 2.27. The average molecular weight is 367 g/mol. The standard InChI is InChI=1S/C20H21N3O2S/c1-26-16-6-4-5-15(13-16)21-19(24)14-9-11-23(12-10-14)20-22-17-7-2-3-8-18(17)25-20/h2-8,13-14H,9-12H2,1H3,(H,21,24). The molecule has 0 atom stereocenters. The molecule has 1 saturated heterocycles. The van der Waals surface area contributed by atoms with Crippen molar-refractivity contribution >= 4 is 40.5 Å². The fourth-order valence-electron chi connectivity index (χ4n) is 3.27. The van der Waals surface area contributed by atoms with Gasteiger partial charge in [0.05, 0.1) is 0 Å². The van der Waals surface area contributed by atoms with Crippen molar-refractivity contribution in [2.75, 3.05) is 29.6 Å². The number of oxazole rings is 1. The number of piperidine rings is 1. The fourth-order valence-corrected chi connectivity index (χ4v) is 3.73. The summed E-state index contributed by atoms with van der Waals surface area (Å²) in [7, 11) is 0. The Balaban J connectivity index is 1.37. The number of thioether (sulfide) groups is 1. The summed E-state index contributed by atoms with van der Waals surface area (Å²) in [6.45, 7) is 1.55. The molecule has 0 saturated carbocycles. The zero-order valence-corrected chi connectivity index (χ0v) is 15.5. The highest BCUT2D eigenvalue weighted by Crippen LogP contribution is 2.27. The molecule has 1 aromatic heterocycles. The first-order valence-electron chi connectivity index (χ1n) is 8.78. The van der Waals surface area contributed by atoms with Gasteiger partial charge in [-0.15, -0.1) is 11.8 Å². The molecule has 134 valence electrons. The van der Waals surface area contributed by atoms with Gasteiger partial charge in [0.2, 0.25) is 5.91 Å². The van der Waals surface area contributed by atoms with E-state index in [0.29, 0.717) is 6.01 Å². The van der Waals surface area contributed by atoms with Gasteiger partial charge in [-0.05, 0) is 49.4 Å². The third-order valence-corrected chi connectivity index (χ3v) is 5.48. The molecule has 3 aromatic rings. The maximum absolute atomic E-state index is 12.6. The van der Waals surface area contributed by atoms with Crippen molar-refractivity contribution in [2.24, 2.45) is 5.92 Å². The molecule has 2 heterocycles. The van der Waals surface area contributed by atoms with Crippen LogP contribution < -0.4 is 10.2 Å². The van der Waals surface area contributed by atoms with Crippen LogP contribution in [-0.4, -0.2) is 30.2 Å². The number of fused-ring (bicyclic) bond motifs is 1. The van der Waals surface area contributed by atoms with E-state index < -0.39 is 0 Å². The predicted molar refractivity (Wildman–Crippen MR) is 106 cm³/mol. The Labute approximate surface area is 156 Å². The second-order valence-electron chi connectivity index (χ2n) is 6.45. The molecular weight excluding hydrogens is 346 g/mol. The quantitative estimate of drug-likeness (QED) is 0.693. The number of carbonyl (C=O) groups is 1. The first-order chi connectivity index (χ1) is 12.7. The molecule has 0 unspecified atom stereocenters. The Hall–Kier alpha value is -2.47. The molecule has 1 aliphatic heterocycles. The Morgan fingerprint density at radius 1 is 1.19 bits per heavy atom. The van der Waals surface area contributed by atoms with Crippen molar-refractivity contribution in [3.8, 4) is 0 Å². The van der Waals surface area contributed by atoms with Crippen LogP contribution in [0.2, 0.25) is 0 Å². The molecule has 0 spiro atoms. The maximum Gasteiger partial charge on any atom is 0.298 e. The van der Waals surface area contributed by atoms with Crippen LogP contribution in [0.25, 0.3) is 11.1 Å². The Kier molecular flexibility index (Phi) is 4.84. The lowest BCUT2D eigenvalue weighted by Crippen LogP contribution is -2.38. The minimum Gasteiger partial charge on any atom is -0.423 e. The number of para-hydroxylation sites is 2. The Morgan fingerprint density at radius 2 is 2.00 bits per heavy atom. The monoisotopic (exact) mass is 367 g/mol. The number of anilines is 2. The van der Waals surface area contributed by atoms with Crippen molar-refractivity contribution in [1.29, 1.82) is 0 Å². The van der Waals surface area contributed by atoms with Crippen LogP contribution in [-0.2, 0) is 4.79 Å². The number of nitrogens with one attached hydrogen (secondary N) is 1. The number of benzene rings is 2. The molecule has 2 aromatic carbocycles. The van der Waals surface area contributed by atoms with Crippen LogP contribution in [0.1, 0.15) is 12.8 Å². The second-order valence-corrected chi connectivity index (χ2v) is 7.33. The van der Waals surface area contributed by atoms with Crippen LogP contribution in [0, 0.1) is 5.92 Å². The number of nitrogens with zero attached hydrogens (tertiary/aromatic N) is 2. The zero-order valence-electron chi connectivity index (χ0n) is 14.6. The van der Waals surface area contributed by atoms with Crippen LogP contribution in [0.3, 0.4) is 0 Å². The van der Waals surface area contributed by atoms with Crippen molar-refractivity contribution in [2.45, 2.75) is 17.7 Å². The molecule has 6 heteroatoms. The van der Waals surface area contributed by atoms with E-state index in [9.17, 15) is 4.79 Å². The third-order valence-electron chi connectivity index (χ3n) is 4.76. The van der Waals surface area contributed by atoms with Gasteiger partial charge in [-0.3, -0.25) is 4.79 Å². The van der Waals surface area contributed by atoms with E-state index in [1.54, 1.807) is 11.8 Å². The van der Waals surface area contributed by atoms with Gasteiger partial charge in [0.1, 0.15) is 5.52 Å². The second kappa shape index (κ2) is 7.41. The largest absolute Gasteiger partial charge is 0.423 e. The highest BCUT2D eigenvalue weighted by molar-refractivity contribution is 7.98. The lowest BCUT2D eigenvalue weighted by atomic mass is 9.96. The smallest absolute Gasteiger partial charge is 0.298 e. The molecule has 0 radical (unpaired) electrons. The van der Waals surface area contributed by atoms with E-state index in [1.807, 2.05) is 54.8 Å². The molecule has 1 fully saturated rings. The first-order valence-corrected chi connectivity index (χ1v) is 10.0. The summed E-state index contributed by atoms with van der Waals surface area (Å²) in [5.41, 5.74) is 2.54. The number of amides is 1. The Morgan fingerprint density at radius 3 is 2.77 bits per heavy atom. The van der Waals surface area contributed by atoms with Gasteiger partial charge in [0.15, 0.2) is 5.58 Å². The van der Waals surface area contributed by atoms with Gasteiger partial charge < -0.3 is 14.6 Å². The van der Waals surface area contributed by atoms with Gasteiger partial charge in [-0.1, -0.05) is 18.2 Å². The van der Waals surface area contributed by atoms with Crippen LogP contribution in [0.4, 0.5) is 11.7 Å². The Bertz CT molecular complexity index is 883. The van der Waals surface area contributed by atoms with E-state index in [2.05, 4.69) is 15.2 Å². The third kappa shape index (κ3) is 3.55. The normalized spacial score (nSPS) is 15.3. The van der Waals surface area contributed by atoms with Gasteiger partial charge in [-0.25, -0.2) is 0 Å². The number of rotatable bonds is 4. The minimum atomic E-state index is 0.0218. The summed E-state index contributed by atoms with van der Waals surface area (Å²) >= 11 is 1.67. The molecule has 1 N–H and O–H groups in total. The molecule has 26 heavy (non-hydrogen) atoms. The predicted octanol–water partition coefficient (Wildman–Crippen LogP) is 4.40. The zero-order chi connectivity index (χ0) is 17.9. The number of carbonyl (C=O) groups excluding carboxylic acids is 1. The van der Waals surface area contributed by atoms with Crippen molar-refractivity contribution < 1.29 is 9.21 Å². The van der Waals surface area contributed by atoms with Crippen molar-refractivity contribution in [3.63, 3.8) is 0 Å². The van der Waals surface area contributed by atoms with Crippen molar-refractivity contribution in [1.82, 2.24) is 4.98 Å². The van der Waals surface area contributed by atoms with Crippen LogP contribution in [0.5, 0.6) is 0 Å². The number of hydrogen-bond donors (Lipinski definition) is 1. The van der Waals surface area contributed by atoms with Gasteiger partial charge >= 0.3 is 0 Å². The summed E-state index contributed by atoms with van der Waals surface area (Å²) in [5.74, 6) is 0.119. The number of aromatic nitrogens is 1. The van der Waals surface area contributed by atoms with E-state index in [4.69, 9.17) is 4.42 Å². The molecule has 0 bridgehead atoms. The molecular formula is C20H21N3O2S.